The standard InChI is InChI=1S/C22H21NO4/c1-14-5-8-18(11-15(14)2)21(24)16(3)27-22(25)19(13-23)12-17-6-9-20(26-4)10-7-17/h5-12,16H,1-4H3/b19-12+/t16-/m1/s1. The lowest BCUT2D eigenvalue weighted by molar-refractivity contribution is -0.141. The van der Waals surface area contributed by atoms with Crippen LogP contribution in [0.2, 0.25) is 0 Å². The summed E-state index contributed by atoms with van der Waals surface area (Å²) in [6.45, 7) is 5.36. The first kappa shape index (κ1) is 19.9. The van der Waals surface area contributed by atoms with Gasteiger partial charge >= 0.3 is 5.97 Å². The average molecular weight is 363 g/mol. The van der Waals surface area contributed by atoms with Crippen molar-refractivity contribution in [2.45, 2.75) is 26.9 Å². The van der Waals surface area contributed by atoms with Crippen LogP contribution >= 0.6 is 0 Å². The Morgan fingerprint density at radius 1 is 1.07 bits per heavy atom. The number of Topliss-reactive ketones (excluding diaryl/α,β-unsaturated/α-hetero) is 1. The van der Waals surface area contributed by atoms with Crippen molar-refractivity contribution in [3.8, 4) is 11.8 Å². The van der Waals surface area contributed by atoms with Gasteiger partial charge in [-0.3, -0.25) is 4.79 Å². The predicted molar refractivity (Wildman–Crippen MR) is 102 cm³/mol. The third kappa shape index (κ3) is 5.05. The van der Waals surface area contributed by atoms with Gasteiger partial charge in [0.15, 0.2) is 6.10 Å². The van der Waals surface area contributed by atoms with Crippen molar-refractivity contribution in [3.63, 3.8) is 0 Å². The molecule has 2 rings (SSSR count). The van der Waals surface area contributed by atoms with Crippen LogP contribution in [0.3, 0.4) is 0 Å². The molecule has 0 aliphatic heterocycles. The summed E-state index contributed by atoms with van der Waals surface area (Å²) in [7, 11) is 1.55. The fourth-order valence-corrected chi connectivity index (χ4v) is 2.41. The molecule has 0 unspecified atom stereocenters. The van der Waals surface area contributed by atoms with Crippen molar-refractivity contribution < 1.29 is 19.1 Å². The van der Waals surface area contributed by atoms with Gasteiger partial charge in [0.2, 0.25) is 5.78 Å². The van der Waals surface area contributed by atoms with E-state index in [4.69, 9.17) is 9.47 Å². The first-order valence-electron chi connectivity index (χ1n) is 8.44. The van der Waals surface area contributed by atoms with Crippen LogP contribution in [-0.2, 0) is 9.53 Å². The molecule has 0 aliphatic carbocycles. The second-order valence-corrected chi connectivity index (χ2v) is 6.15. The molecule has 0 saturated carbocycles. The van der Waals surface area contributed by atoms with Gasteiger partial charge in [-0.15, -0.1) is 0 Å². The van der Waals surface area contributed by atoms with E-state index in [1.807, 2.05) is 26.0 Å². The maximum Gasteiger partial charge on any atom is 0.349 e. The lowest BCUT2D eigenvalue weighted by Gasteiger charge is -2.13. The molecule has 0 fully saturated rings. The van der Waals surface area contributed by atoms with E-state index in [0.29, 0.717) is 16.9 Å². The summed E-state index contributed by atoms with van der Waals surface area (Å²) in [5.41, 5.74) is 3.00. The number of benzene rings is 2. The normalized spacial score (nSPS) is 12.0. The zero-order valence-corrected chi connectivity index (χ0v) is 15.8. The average Bonchev–Trinajstić information content (AvgIpc) is 2.67. The van der Waals surface area contributed by atoms with Gasteiger partial charge in [0, 0.05) is 5.56 Å². The second-order valence-electron chi connectivity index (χ2n) is 6.15. The Hall–Kier alpha value is -3.39. The van der Waals surface area contributed by atoms with Crippen LogP contribution in [0.25, 0.3) is 6.08 Å². The number of esters is 1. The SMILES string of the molecule is COc1ccc(/C=C(\C#N)C(=O)O[C@H](C)C(=O)c2ccc(C)c(C)c2)cc1. The highest BCUT2D eigenvalue weighted by Crippen LogP contribution is 2.16. The van der Waals surface area contributed by atoms with Gasteiger partial charge in [-0.05, 0) is 61.7 Å². The summed E-state index contributed by atoms with van der Waals surface area (Å²) >= 11 is 0. The molecular weight excluding hydrogens is 342 g/mol. The van der Waals surface area contributed by atoms with E-state index in [9.17, 15) is 14.9 Å². The number of nitriles is 1. The number of ether oxygens (including phenoxy) is 2. The Morgan fingerprint density at radius 2 is 1.74 bits per heavy atom. The Bertz CT molecular complexity index is 920. The van der Waals surface area contributed by atoms with E-state index in [1.165, 1.54) is 13.0 Å². The molecule has 0 amide bonds. The number of carbonyl (C=O) groups is 2. The van der Waals surface area contributed by atoms with E-state index in [0.717, 1.165) is 11.1 Å². The molecule has 2 aromatic rings. The zero-order valence-electron chi connectivity index (χ0n) is 15.8. The first-order valence-corrected chi connectivity index (χ1v) is 8.44. The minimum Gasteiger partial charge on any atom is -0.497 e. The van der Waals surface area contributed by atoms with Crippen LogP contribution in [0.4, 0.5) is 0 Å². The molecule has 0 heterocycles. The van der Waals surface area contributed by atoms with Crippen LogP contribution < -0.4 is 4.74 Å². The van der Waals surface area contributed by atoms with Crippen LogP contribution in [0.1, 0.15) is 34.0 Å². The monoisotopic (exact) mass is 363 g/mol. The molecule has 138 valence electrons. The highest BCUT2D eigenvalue weighted by Gasteiger charge is 2.22. The first-order chi connectivity index (χ1) is 12.8. The highest BCUT2D eigenvalue weighted by atomic mass is 16.5. The largest absolute Gasteiger partial charge is 0.497 e. The molecule has 0 aromatic heterocycles. The summed E-state index contributed by atoms with van der Waals surface area (Å²) in [6, 6.07) is 14.0. The molecule has 0 radical (unpaired) electrons. The predicted octanol–water partition coefficient (Wildman–Crippen LogP) is 4.03. The molecule has 0 N–H and O–H groups in total. The molecule has 2 aromatic carbocycles. The quantitative estimate of drug-likeness (QED) is 0.335. The molecule has 0 spiro atoms. The number of nitrogens with zero attached hydrogens (tertiary/aromatic N) is 1. The van der Waals surface area contributed by atoms with Gasteiger partial charge in [-0.1, -0.05) is 24.3 Å². The van der Waals surface area contributed by atoms with Crippen molar-refractivity contribution in [1.82, 2.24) is 0 Å². The van der Waals surface area contributed by atoms with Crippen molar-refractivity contribution >= 4 is 17.8 Å². The van der Waals surface area contributed by atoms with E-state index in [1.54, 1.807) is 43.5 Å². The Morgan fingerprint density at radius 3 is 2.30 bits per heavy atom. The Labute approximate surface area is 158 Å². The number of methoxy groups -OCH3 is 1. The van der Waals surface area contributed by atoms with Crippen molar-refractivity contribution in [2.24, 2.45) is 0 Å². The minimum absolute atomic E-state index is 0.181. The third-order valence-electron chi connectivity index (χ3n) is 4.21. The highest BCUT2D eigenvalue weighted by molar-refractivity contribution is 6.03. The fourth-order valence-electron chi connectivity index (χ4n) is 2.41. The van der Waals surface area contributed by atoms with Crippen molar-refractivity contribution in [1.29, 1.82) is 5.26 Å². The van der Waals surface area contributed by atoms with Crippen molar-refractivity contribution in [2.75, 3.05) is 7.11 Å². The van der Waals surface area contributed by atoms with Gasteiger partial charge in [0.1, 0.15) is 17.4 Å². The summed E-state index contributed by atoms with van der Waals surface area (Å²) in [5, 5.41) is 9.27. The van der Waals surface area contributed by atoms with Gasteiger partial charge < -0.3 is 9.47 Å². The van der Waals surface area contributed by atoms with Crippen LogP contribution in [0, 0.1) is 25.2 Å². The van der Waals surface area contributed by atoms with E-state index < -0.39 is 12.1 Å². The van der Waals surface area contributed by atoms with Crippen LogP contribution in [0.5, 0.6) is 5.75 Å². The summed E-state index contributed by atoms with van der Waals surface area (Å²) < 4.78 is 10.3. The molecule has 1 atom stereocenters. The van der Waals surface area contributed by atoms with Gasteiger partial charge in [-0.25, -0.2) is 4.79 Å². The van der Waals surface area contributed by atoms with Gasteiger partial charge in [0.05, 0.1) is 7.11 Å². The smallest absolute Gasteiger partial charge is 0.349 e. The molecule has 5 heteroatoms. The number of rotatable bonds is 6. The fraction of sp³-hybridized carbons (Fsp3) is 0.227. The molecule has 5 nitrogen and oxygen atoms in total. The third-order valence-corrected chi connectivity index (χ3v) is 4.21. The Balaban J connectivity index is 2.12. The van der Waals surface area contributed by atoms with E-state index in [-0.39, 0.29) is 11.4 Å². The Kier molecular flexibility index (Phi) is 6.51. The number of hydrogen-bond acceptors (Lipinski definition) is 5. The topological polar surface area (TPSA) is 76.4 Å². The lowest BCUT2D eigenvalue weighted by atomic mass is 10.0. The van der Waals surface area contributed by atoms with Crippen molar-refractivity contribution in [3.05, 3.63) is 70.3 Å². The van der Waals surface area contributed by atoms with Gasteiger partial charge in [0.25, 0.3) is 0 Å². The number of ketones is 1. The zero-order chi connectivity index (χ0) is 20.0. The lowest BCUT2D eigenvalue weighted by Crippen LogP contribution is -2.25. The van der Waals surface area contributed by atoms with Crippen LogP contribution in [-0.4, -0.2) is 25.0 Å². The van der Waals surface area contributed by atoms with Gasteiger partial charge in [-0.2, -0.15) is 5.26 Å². The maximum atomic E-state index is 12.5. The second kappa shape index (κ2) is 8.81. The number of carbonyl (C=O) groups excluding carboxylic acids is 2. The summed E-state index contributed by atoms with van der Waals surface area (Å²) in [5.74, 6) is -0.480. The summed E-state index contributed by atoms with van der Waals surface area (Å²) in [4.78, 5) is 24.8. The summed E-state index contributed by atoms with van der Waals surface area (Å²) in [6.07, 6.45) is 0.418. The van der Waals surface area contributed by atoms with E-state index in [2.05, 4.69) is 0 Å². The number of hydrogen-bond donors (Lipinski definition) is 0. The minimum atomic E-state index is -0.993. The maximum absolute atomic E-state index is 12.5. The molecule has 0 aliphatic rings. The van der Waals surface area contributed by atoms with Crippen LogP contribution in [0.15, 0.2) is 48.0 Å². The molecule has 0 bridgehead atoms. The number of aryl methyl sites for hydroxylation is 2. The molecular formula is C22H21NO4. The van der Waals surface area contributed by atoms with E-state index >= 15 is 0 Å². The molecule has 0 saturated heterocycles. The molecule has 27 heavy (non-hydrogen) atoms.